The van der Waals surface area contributed by atoms with Gasteiger partial charge in [0.25, 0.3) is 0 Å². The molecule has 0 aliphatic heterocycles. The largest absolute Gasteiger partial charge is 0.325 e. The highest BCUT2D eigenvalue weighted by Crippen LogP contribution is 2.17. The fourth-order valence-corrected chi connectivity index (χ4v) is 2.13. The summed E-state index contributed by atoms with van der Waals surface area (Å²) in [5.74, 6) is 1.03. The highest BCUT2D eigenvalue weighted by molar-refractivity contribution is 7.85. The first-order valence-electron chi connectivity index (χ1n) is 5.12. The summed E-state index contributed by atoms with van der Waals surface area (Å²) in [4.78, 5) is 0. The second-order valence-electron chi connectivity index (χ2n) is 3.63. The van der Waals surface area contributed by atoms with Gasteiger partial charge in [0.1, 0.15) is 6.07 Å². The minimum absolute atomic E-state index is 0.112. The van der Waals surface area contributed by atoms with Crippen LogP contribution in [0.2, 0.25) is 0 Å². The summed E-state index contributed by atoms with van der Waals surface area (Å²) in [5.41, 5.74) is 2.25. The Balaban J connectivity index is 3.17. The van der Waals surface area contributed by atoms with Crippen LogP contribution in [-0.4, -0.2) is 20.4 Å². The standard InChI is InChI=1S/C11H12N2O3S3/c1-19(14,15)16-13-11(5-12)8-2-3-9(6-17)10(4-8)7-18/h2-4,17-18H,6-7H2,1H3. The van der Waals surface area contributed by atoms with Crippen LogP contribution in [0.5, 0.6) is 0 Å². The number of hydrogen-bond donors (Lipinski definition) is 2. The third kappa shape index (κ3) is 4.78. The molecule has 0 aromatic heterocycles. The zero-order valence-electron chi connectivity index (χ0n) is 10.1. The second-order valence-corrected chi connectivity index (χ2v) is 5.82. The molecule has 0 heterocycles. The van der Waals surface area contributed by atoms with Crippen LogP contribution in [0.15, 0.2) is 23.4 Å². The lowest BCUT2D eigenvalue weighted by atomic mass is 10.0. The van der Waals surface area contributed by atoms with Gasteiger partial charge in [0, 0.05) is 17.1 Å². The summed E-state index contributed by atoms with van der Waals surface area (Å²) in [6.45, 7) is 0. The van der Waals surface area contributed by atoms with Crippen molar-refractivity contribution in [1.29, 1.82) is 5.26 Å². The molecule has 0 saturated carbocycles. The van der Waals surface area contributed by atoms with Gasteiger partial charge in [0.15, 0.2) is 5.71 Å². The Labute approximate surface area is 123 Å². The van der Waals surface area contributed by atoms with E-state index in [0.717, 1.165) is 17.4 Å². The van der Waals surface area contributed by atoms with Gasteiger partial charge in [-0.1, -0.05) is 17.3 Å². The van der Waals surface area contributed by atoms with Crippen molar-refractivity contribution in [1.82, 2.24) is 0 Å². The van der Waals surface area contributed by atoms with Crippen LogP contribution in [0.3, 0.4) is 0 Å². The maximum Gasteiger partial charge on any atom is 0.325 e. The molecule has 0 aliphatic carbocycles. The van der Waals surface area contributed by atoms with E-state index in [4.69, 9.17) is 5.26 Å². The summed E-state index contributed by atoms with van der Waals surface area (Å²) < 4.78 is 26.0. The van der Waals surface area contributed by atoms with Gasteiger partial charge in [-0.25, -0.2) is 0 Å². The van der Waals surface area contributed by atoms with Crippen molar-refractivity contribution < 1.29 is 12.7 Å². The Morgan fingerprint density at radius 2 is 2.00 bits per heavy atom. The first kappa shape index (κ1) is 15.9. The molecule has 102 valence electrons. The molecule has 0 aliphatic rings. The first-order valence-corrected chi connectivity index (χ1v) is 8.20. The lowest BCUT2D eigenvalue weighted by Crippen LogP contribution is -2.04. The third-order valence-corrected chi connectivity index (χ3v) is 3.22. The molecule has 0 atom stereocenters. The summed E-state index contributed by atoms with van der Waals surface area (Å²) in [6.07, 6.45) is 0.856. The quantitative estimate of drug-likeness (QED) is 0.493. The van der Waals surface area contributed by atoms with Crippen LogP contribution in [0, 0.1) is 11.3 Å². The zero-order chi connectivity index (χ0) is 14.5. The number of thiol groups is 2. The fourth-order valence-electron chi connectivity index (χ4n) is 1.32. The van der Waals surface area contributed by atoms with Gasteiger partial charge in [-0.05, 0) is 17.2 Å². The van der Waals surface area contributed by atoms with Crippen LogP contribution in [0.25, 0.3) is 0 Å². The number of nitriles is 1. The molecule has 0 spiro atoms. The molecule has 1 rings (SSSR count). The molecule has 0 radical (unpaired) electrons. The molecule has 1 aromatic rings. The number of rotatable bonds is 5. The molecule has 5 nitrogen and oxygen atoms in total. The van der Waals surface area contributed by atoms with Crippen LogP contribution in [-0.2, 0) is 25.9 Å². The van der Waals surface area contributed by atoms with Gasteiger partial charge < -0.3 is 0 Å². The molecule has 1 aromatic carbocycles. The van der Waals surface area contributed by atoms with Crippen molar-refractivity contribution in [2.75, 3.05) is 6.26 Å². The zero-order valence-corrected chi connectivity index (χ0v) is 12.7. The molecule has 0 amide bonds. The number of oxime groups is 1. The molecule has 8 heteroatoms. The van der Waals surface area contributed by atoms with Gasteiger partial charge >= 0.3 is 10.1 Å². The lowest BCUT2D eigenvalue weighted by Gasteiger charge is -2.06. The van der Waals surface area contributed by atoms with E-state index >= 15 is 0 Å². The Hall–Kier alpha value is -1.17. The van der Waals surface area contributed by atoms with Crippen molar-refractivity contribution in [3.63, 3.8) is 0 Å². The molecule has 19 heavy (non-hydrogen) atoms. The normalized spacial score (nSPS) is 12.0. The third-order valence-electron chi connectivity index (χ3n) is 2.19. The highest BCUT2D eigenvalue weighted by atomic mass is 32.2. The highest BCUT2D eigenvalue weighted by Gasteiger charge is 2.09. The van der Waals surface area contributed by atoms with Crippen LogP contribution < -0.4 is 0 Å². The minimum atomic E-state index is -3.73. The average Bonchev–Trinajstić information content (AvgIpc) is 2.37. The van der Waals surface area contributed by atoms with E-state index in [1.54, 1.807) is 24.3 Å². The maximum absolute atomic E-state index is 10.8. The Bertz CT molecular complexity index is 633. The van der Waals surface area contributed by atoms with Crippen LogP contribution >= 0.6 is 25.3 Å². The van der Waals surface area contributed by atoms with Crippen molar-refractivity contribution >= 4 is 41.1 Å². The summed E-state index contributed by atoms with van der Waals surface area (Å²) in [7, 11) is -3.73. The molecular formula is C11H12N2O3S3. The predicted octanol–water partition coefficient (Wildman–Crippen LogP) is 1.75. The van der Waals surface area contributed by atoms with Crippen LogP contribution in [0.4, 0.5) is 0 Å². The SMILES string of the molecule is CS(=O)(=O)ON=C(C#N)c1ccc(CS)c(CS)c1. The average molecular weight is 316 g/mol. The Morgan fingerprint density at radius 1 is 1.37 bits per heavy atom. The van der Waals surface area contributed by atoms with Crippen molar-refractivity contribution in [2.24, 2.45) is 5.16 Å². The summed E-state index contributed by atoms with van der Waals surface area (Å²) in [6, 6.07) is 6.96. The lowest BCUT2D eigenvalue weighted by molar-refractivity contribution is 0.344. The second kappa shape index (κ2) is 6.84. The number of benzene rings is 1. The molecule has 0 unspecified atom stereocenters. The maximum atomic E-state index is 10.8. The predicted molar refractivity (Wildman–Crippen MR) is 79.9 cm³/mol. The number of hydrogen-bond acceptors (Lipinski definition) is 7. The van der Waals surface area contributed by atoms with Gasteiger partial charge in [-0.3, -0.25) is 4.28 Å². The summed E-state index contributed by atoms with van der Waals surface area (Å²) >= 11 is 8.38. The molecule has 0 fully saturated rings. The van der Waals surface area contributed by atoms with E-state index in [1.165, 1.54) is 0 Å². The van der Waals surface area contributed by atoms with Gasteiger partial charge in [-0.15, -0.1) is 0 Å². The monoisotopic (exact) mass is 316 g/mol. The molecular weight excluding hydrogens is 304 g/mol. The Kier molecular flexibility index (Phi) is 5.72. The Morgan fingerprint density at radius 3 is 2.47 bits per heavy atom. The van der Waals surface area contributed by atoms with Crippen molar-refractivity contribution in [3.05, 3.63) is 34.9 Å². The van der Waals surface area contributed by atoms with Crippen molar-refractivity contribution in [2.45, 2.75) is 11.5 Å². The molecule has 0 N–H and O–H groups in total. The van der Waals surface area contributed by atoms with E-state index in [0.29, 0.717) is 17.1 Å². The van der Waals surface area contributed by atoms with E-state index < -0.39 is 10.1 Å². The summed E-state index contributed by atoms with van der Waals surface area (Å²) in [5, 5.41) is 12.3. The number of nitrogens with zero attached hydrogens (tertiary/aromatic N) is 2. The van der Waals surface area contributed by atoms with E-state index in [1.807, 2.05) is 0 Å². The molecule has 0 saturated heterocycles. The van der Waals surface area contributed by atoms with E-state index in [2.05, 4.69) is 34.7 Å². The van der Waals surface area contributed by atoms with Gasteiger partial charge in [0.05, 0.1) is 6.26 Å². The van der Waals surface area contributed by atoms with E-state index in [-0.39, 0.29) is 5.71 Å². The molecule has 0 bridgehead atoms. The van der Waals surface area contributed by atoms with Gasteiger partial charge in [-0.2, -0.15) is 38.9 Å². The van der Waals surface area contributed by atoms with Crippen LogP contribution in [0.1, 0.15) is 16.7 Å². The van der Waals surface area contributed by atoms with Crippen molar-refractivity contribution in [3.8, 4) is 6.07 Å². The topological polar surface area (TPSA) is 79.5 Å². The smallest absolute Gasteiger partial charge is 0.267 e. The first-order chi connectivity index (χ1) is 8.91. The van der Waals surface area contributed by atoms with E-state index in [9.17, 15) is 8.42 Å². The fraction of sp³-hybridized carbons (Fsp3) is 0.273. The van der Waals surface area contributed by atoms with Gasteiger partial charge in [0.2, 0.25) is 0 Å². The minimum Gasteiger partial charge on any atom is -0.267 e.